The maximum Gasteiger partial charge on any atom is 0.407 e. The summed E-state index contributed by atoms with van der Waals surface area (Å²) in [6.07, 6.45) is 1.57. The number of carbonyl (C=O) groups is 1. The van der Waals surface area contributed by atoms with Crippen LogP contribution in [0.5, 0.6) is 0 Å². The van der Waals surface area contributed by atoms with Crippen molar-refractivity contribution in [3.8, 4) is 0 Å². The first kappa shape index (κ1) is 14.6. The Morgan fingerprint density at radius 2 is 2.00 bits per heavy atom. The molecule has 0 spiro atoms. The van der Waals surface area contributed by atoms with Crippen LogP contribution in [0.1, 0.15) is 18.4 Å². The molecule has 0 atom stereocenters. The third-order valence-corrected chi connectivity index (χ3v) is 3.47. The van der Waals surface area contributed by atoms with Gasteiger partial charge in [0.05, 0.1) is 0 Å². The summed E-state index contributed by atoms with van der Waals surface area (Å²) in [4.78, 5) is 11.6. The molecule has 1 aromatic rings. The monoisotopic (exact) mass is 275 g/mol. The second-order valence-corrected chi connectivity index (χ2v) is 4.96. The Hall–Kier alpha value is -1.81. The van der Waals surface area contributed by atoms with Gasteiger partial charge < -0.3 is 14.8 Å². The van der Waals surface area contributed by atoms with Crippen LogP contribution in [0.3, 0.4) is 0 Å². The summed E-state index contributed by atoms with van der Waals surface area (Å²) < 4.78 is 10.5. The molecule has 1 aliphatic heterocycles. The number of alkyl carbamates (subject to hydrolysis) is 1. The normalized spacial score (nSPS) is 15.6. The Balaban J connectivity index is 1.65. The van der Waals surface area contributed by atoms with Crippen molar-refractivity contribution in [1.82, 2.24) is 5.32 Å². The Kier molecular flexibility index (Phi) is 5.62. The summed E-state index contributed by atoms with van der Waals surface area (Å²) in [5, 5.41) is 2.75. The predicted octanol–water partition coefficient (Wildman–Crippen LogP) is 2.90. The Labute approximate surface area is 119 Å². The smallest absolute Gasteiger partial charge is 0.407 e. The number of rotatable bonds is 5. The number of benzene rings is 1. The summed E-state index contributed by atoms with van der Waals surface area (Å²) >= 11 is 0. The van der Waals surface area contributed by atoms with Crippen LogP contribution < -0.4 is 5.32 Å². The zero-order chi connectivity index (χ0) is 14.2. The fourth-order valence-electron chi connectivity index (χ4n) is 2.21. The van der Waals surface area contributed by atoms with Crippen molar-refractivity contribution in [2.75, 3.05) is 19.8 Å². The van der Waals surface area contributed by atoms with Gasteiger partial charge in [-0.25, -0.2) is 4.79 Å². The van der Waals surface area contributed by atoms with Gasteiger partial charge in [0.2, 0.25) is 0 Å². The SMILES string of the molecule is C=C(CNC(=O)OCc1ccccc1)C1CCOCC1. The van der Waals surface area contributed by atoms with Gasteiger partial charge >= 0.3 is 6.09 Å². The highest BCUT2D eigenvalue weighted by atomic mass is 16.5. The van der Waals surface area contributed by atoms with Gasteiger partial charge in [0.25, 0.3) is 0 Å². The molecule has 0 aliphatic carbocycles. The molecule has 0 bridgehead atoms. The molecule has 1 aliphatic rings. The quantitative estimate of drug-likeness (QED) is 0.841. The van der Waals surface area contributed by atoms with Crippen molar-refractivity contribution in [1.29, 1.82) is 0 Å². The number of nitrogens with one attached hydrogen (secondary N) is 1. The maximum absolute atomic E-state index is 11.6. The molecule has 1 saturated heterocycles. The maximum atomic E-state index is 11.6. The Morgan fingerprint density at radius 3 is 2.70 bits per heavy atom. The van der Waals surface area contributed by atoms with Crippen molar-refractivity contribution >= 4 is 6.09 Å². The van der Waals surface area contributed by atoms with E-state index < -0.39 is 6.09 Å². The second-order valence-electron chi connectivity index (χ2n) is 4.96. The zero-order valence-electron chi connectivity index (χ0n) is 11.6. The van der Waals surface area contributed by atoms with E-state index in [1.54, 1.807) is 0 Å². The third-order valence-electron chi connectivity index (χ3n) is 3.47. The predicted molar refractivity (Wildman–Crippen MR) is 77.3 cm³/mol. The molecule has 0 aromatic heterocycles. The van der Waals surface area contributed by atoms with Crippen molar-refractivity contribution in [3.05, 3.63) is 48.0 Å². The van der Waals surface area contributed by atoms with E-state index in [0.29, 0.717) is 12.5 Å². The molecular weight excluding hydrogens is 254 g/mol. The lowest BCUT2D eigenvalue weighted by molar-refractivity contribution is 0.0752. The van der Waals surface area contributed by atoms with Crippen LogP contribution in [-0.4, -0.2) is 25.9 Å². The third kappa shape index (κ3) is 4.70. The summed E-state index contributed by atoms with van der Waals surface area (Å²) in [7, 11) is 0. The minimum Gasteiger partial charge on any atom is -0.445 e. The minimum atomic E-state index is -0.401. The average molecular weight is 275 g/mol. The summed E-state index contributed by atoms with van der Waals surface area (Å²) in [6, 6.07) is 9.62. The van der Waals surface area contributed by atoms with Crippen LogP contribution in [0.4, 0.5) is 4.79 Å². The van der Waals surface area contributed by atoms with Gasteiger partial charge in [-0.05, 0) is 24.3 Å². The Morgan fingerprint density at radius 1 is 1.30 bits per heavy atom. The van der Waals surface area contributed by atoms with E-state index in [0.717, 1.165) is 37.2 Å². The summed E-state index contributed by atoms with van der Waals surface area (Å²) in [5.74, 6) is 0.443. The number of carbonyl (C=O) groups excluding carboxylic acids is 1. The molecule has 1 heterocycles. The second kappa shape index (κ2) is 7.70. The molecule has 0 saturated carbocycles. The largest absolute Gasteiger partial charge is 0.445 e. The lowest BCUT2D eigenvalue weighted by Gasteiger charge is -2.24. The van der Waals surface area contributed by atoms with Crippen molar-refractivity contribution in [2.45, 2.75) is 19.4 Å². The van der Waals surface area contributed by atoms with Crippen LogP contribution in [-0.2, 0) is 16.1 Å². The van der Waals surface area contributed by atoms with Crippen LogP contribution >= 0.6 is 0 Å². The standard InChI is InChI=1S/C16H21NO3/c1-13(15-7-9-19-10-8-15)11-17-16(18)20-12-14-5-3-2-4-6-14/h2-6,15H,1,7-12H2,(H,17,18). The van der Waals surface area contributed by atoms with E-state index >= 15 is 0 Å². The molecule has 1 amide bonds. The van der Waals surface area contributed by atoms with Gasteiger partial charge in [0.15, 0.2) is 0 Å². The van der Waals surface area contributed by atoms with Gasteiger partial charge in [0.1, 0.15) is 6.61 Å². The van der Waals surface area contributed by atoms with Gasteiger partial charge in [-0.15, -0.1) is 0 Å². The van der Waals surface area contributed by atoms with Gasteiger partial charge in [0, 0.05) is 19.8 Å². The molecular formula is C16H21NO3. The number of amides is 1. The van der Waals surface area contributed by atoms with E-state index in [-0.39, 0.29) is 6.61 Å². The average Bonchev–Trinajstić information content (AvgIpc) is 2.52. The molecule has 0 unspecified atom stereocenters. The highest BCUT2D eigenvalue weighted by Crippen LogP contribution is 2.21. The fraction of sp³-hybridized carbons (Fsp3) is 0.438. The van der Waals surface area contributed by atoms with Crippen LogP contribution in [0, 0.1) is 5.92 Å². The molecule has 1 fully saturated rings. The lowest BCUT2D eigenvalue weighted by Crippen LogP contribution is -2.29. The first-order chi connectivity index (χ1) is 9.75. The van der Waals surface area contributed by atoms with Crippen LogP contribution in [0.2, 0.25) is 0 Å². The van der Waals surface area contributed by atoms with Gasteiger partial charge in [-0.2, -0.15) is 0 Å². The van der Waals surface area contributed by atoms with Crippen molar-refractivity contribution < 1.29 is 14.3 Å². The van der Waals surface area contributed by atoms with Gasteiger partial charge in [-0.3, -0.25) is 0 Å². The fourth-order valence-corrected chi connectivity index (χ4v) is 2.21. The van der Waals surface area contributed by atoms with Crippen molar-refractivity contribution in [2.24, 2.45) is 5.92 Å². The molecule has 2 rings (SSSR count). The number of hydrogen-bond donors (Lipinski definition) is 1. The molecule has 0 radical (unpaired) electrons. The van der Waals surface area contributed by atoms with E-state index in [4.69, 9.17) is 9.47 Å². The zero-order valence-corrected chi connectivity index (χ0v) is 11.6. The summed E-state index contributed by atoms with van der Waals surface area (Å²) in [5.41, 5.74) is 2.02. The first-order valence-electron chi connectivity index (χ1n) is 6.95. The van der Waals surface area contributed by atoms with Crippen LogP contribution in [0.25, 0.3) is 0 Å². The Bertz CT molecular complexity index is 438. The highest BCUT2D eigenvalue weighted by molar-refractivity contribution is 5.67. The topological polar surface area (TPSA) is 47.6 Å². The van der Waals surface area contributed by atoms with E-state index in [1.807, 2.05) is 30.3 Å². The van der Waals surface area contributed by atoms with E-state index in [9.17, 15) is 4.79 Å². The first-order valence-corrected chi connectivity index (χ1v) is 6.95. The highest BCUT2D eigenvalue weighted by Gasteiger charge is 2.17. The molecule has 108 valence electrons. The van der Waals surface area contributed by atoms with E-state index in [1.165, 1.54) is 0 Å². The molecule has 4 nitrogen and oxygen atoms in total. The minimum absolute atomic E-state index is 0.288. The molecule has 20 heavy (non-hydrogen) atoms. The summed E-state index contributed by atoms with van der Waals surface area (Å²) in [6.45, 7) is 6.36. The molecule has 1 N–H and O–H groups in total. The number of hydrogen-bond acceptors (Lipinski definition) is 3. The lowest BCUT2D eigenvalue weighted by atomic mass is 9.92. The molecule has 4 heteroatoms. The molecule has 1 aromatic carbocycles. The van der Waals surface area contributed by atoms with Gasteiger partial charge in [-0.1, -0.05) is 42.5 Å². The van der Waals surface area contributed by atoms with E-state index in [2.05, 4.69) is 11.9 Å². The van der Waals surface area contributed by atoms with Crippen LogP contribution in [0.15, 0.2) is 42.5 Å². The number of ether oxygens (including phenoxy) is 2. The van der Waals surface area contributed by atoms with Crippen molar-refractivity contribution in [3.63, 3.8) is 0 Å².